The third-order valence-corrected chi connectivity index (χ3v) is 0.466. The number of hydrogen-bond donors (Lipinski definition) is 1. The summed E-state index contributed by atoms with van der Waals surface area (Å²) in [6.45, 7) is -0.102. The Balaban J connectivity index is 3.18. The number of hydrogen-bond acceptors (Lipinski definition) is 3. The van der Waals surface area contributed by atoms with Crippen LogP contribution in [0, 0.1) is 0 Å². The van der Waals surface area contributed by atoms with Crippen LogP contribution in [0.25, 0.3) is 0 Å². The Morgan fingerprint density at radius 2 is 2.50 bits per heavy atom. The predicted molar refractivity (Wildman–Crippen MR) is 25.7 cm³/mol. The van der Waals surface area contributed by atoms with Crippen molar-refractivity contribution < 1.29 is 14.3 Å². The fourth-order valence-corrected chi connectivity index (χ4v) is 0.224. The Morgan fingerprint density at radius 3 is 2.88 bits per heavy atom. The average Bonchev–Trinajstić information content (AvgIpc) is 1.68. The van der Waals surface area contributed by atoms with Gasteiger partial charge in [-0.3, -0.25) is 14.9 Å². The second-order valence-electron chi connectivity index (χ2n) is 1.08. The van der Waals surface area contributed by atoms with Gasteiger partial charge < -0.3 is 4.74 Å². The summed E-state index contributed by atoms with van der Waals surface area (Å²) in [7, 11) is 1.37. The fourth-order valence-electron chi connectivity index (χ4n) is 0.224. The van der Waals surface area contributed by atoms with Gasteiger partial charge in [0.15, 0.2) is 0 Å². The average molecular weight is 116 g/mol. The summed E-state index contributed by atoms with van der Waals surface area (Å²) in [4.78, 5) is 19.5. The number of amides is 2. The zero-order valence-corrected chi connectivity index (χ0v) is 4.43. The monoisotopic (exact) mass is 116 g/mol. The summed E-state index contributed by atoms with van der Waals surface area (Å²) in [6, 6.07) is 0. The summed E-state index contributed by atoms with van der Waals surface area (Å²) in [5.74, 6) is -0.484. The molecule has 0 aliphatic rings. The van der Waals surface area contributed by atoms with E-state index in [1.54, 1.807) is 5.32 Å². The standard InChI is InChI=1S/C4H6NO3/c1-8-2-4(7)5-3-6/h2H2,1H3,(H,5,6,7). The highest BCUT2D eigenvalue weighted by Crippen LogP contribution is 1.63. The maximum Gasteiger partial charge on any atom is 0.316 e. The van der Waals surface area contributed by atoms with E-state index in [0.29, 0.717) is 0 Å². The highest BCUT2D eigenvalue weighted by molar-refractivity contribution is 5.86. The van der Waals surface area contributed by atoms with Gasteiger partial charge in [0.2, 0.25) is 0 Å². The topological polar surface area (TPSA) is 55.4 Å². The Kier molecular flexibility index (Phi) is 3.78. The van der Waals surface area contributed by atoms with Crippen LogP contribution < -0.4 is 5.32 Å². The lowest BCUT2D eigenvalue weighted by molar-refractivity contribution is -0.123. The van der Waals surface area contributed by atoms with Crippen LogP contribution in [0.1, 0.15) is 0 Å². The van der Waals surface area contributed by atoms with Gasteiger partial charge in [-0.1, -0.05) is 0 Å². The van der Waals surface area contributed by atoms with Gasteiger partial charge in [0.25, 0.3) is 5.91 Å². The molecule has 0 spiro atoms. The van der Waals surface area contributed by atoms with E-state index in [1.165, 1.54) is 13.5 Å². The van der Waals surface area contributed by atoms with Crippen LogP contribution in [-0.2, 0) is 14.3 Å². The number of carbonyl (C=O) groups is 1. The van der Waals surface area contributed by atoms with E-state index in [1.807, 2.05) is 0 Å². The van der Waals surface area contributed by atoms with Gasteiger partial charge in [-0.25, -0.2) is 0 Å². The SMILES string of the molecule is COCC(=O)N[C]=O. The van der Waals surface area contributed by atoms with Gasteiger partial charge >= 0.3 is 6.41 Å². The second-order valence-corrected chi connectivity index (χ2v) is 1.08. The minimum Gasteiger partial charge on any atom is -0.375 e. The van der Waals surface area contributed by atoms with Gasteiger partial charge in [-0.2, -0.15) is 0 Å². The smallest absolute Gasteiger partial charge is 0.316 e. The van der Waals surface area contributed by atoms with Crippen molar-refractivity contribution in [3.05, 3.63) is 0 Å². The van der Waals surface area contributed by atoms with E-state index in [-0.39, 0.29) is 6.61 Å². The van der Waals surface area contributed by atoms with Gasteiger partial charge in [-0.15, -0.1) is 0 Å². The molecule has 0 aromatic carbocycles. The lowest BCUT2D eigenvalue weighted by Gasteiger charge is -1.91. The van der Waals surface area contributed by atoms with Crippen LogP contribution in [0.2, 0.25) is 0 Å². The van der Waals surface area contributed by atoms with Gasteiger partial charge in [0.1, 0.15) is 6.61 Å². The van der Waals surface area contributed by atoms with Crippen molar-refractivity contribution in [1.29, 1.82) is 0 Å². The molecule has 0 saturated heterocycles. The van der Waals surface area contributed by atoms with Crippen molar-refractivity contribution in [2.75, 3.05) is 13.7 Å². The first kappa shape index (κ1) is 7.10. The molecular formula is C4H6NO3. The van der Waals surface area contributed by atoms with Crippen molar-refractivity contribution in [3.63, 3.8) is 0 Å². The summed E-state index contributed by atoms with van der Waals surface area (Å²) in [5.41, 5.74) is 0. The summed E-state index contributed by atoms with van der Waals surface area (Å²) >= 11 is 0. The highest BCUT2D eigenvalue weighted by atomic mass is 16.5. The minimum absolute atomic E-state index is 0.102. The number of rotatable bonds is 3. The molecule has 1 N–H and O–H groups in total. The molecule has 0 fully saturated rings. The van der Waals surface area contributed by atoms with Crippen LogP contribution in [0.15, 0.2) is 0 Å². The molecule has 4 nitrogen and oxygen atoms in total. The second kappa shape index (κ2) is 4.26. The molecule has 0 aliphatic heterocycles. The molecule has 1 radical (unpaired) electrons. The van der Waals surface area contributed by atoms with E-state index in [9.17, 15) is 9.59 Å². The fraction of sp³-hybridized carbons (Fsp3) is 0.500. The van der Waals surface area contributed by atoms with Crippen LogP contribution in [-0.4, -0.2) is 26.0 Å². The number of imide groups is 1. The van der Waals surface area contributed by atoms with Crippen LogP contribution >= 0.6 is 0 Å². The molecule has 0 saturated carbocycles. The highest BCUT2D eigenvalue weighted by Gasteiger charge is 1.94. The number of carbonyl (C=O) groups excluding carboxylic acids is 2. The van der Waals surface area contributed by atoms with E-state index in [4.69, 9.17) is 0 Å². The van der Waals surface area contributed by atoms with Gasteiger partial charge in [-0.05, 0) is 0 Å². The Labute approximate surface area is 46.8 Å². The maximum atomic E-state index is 10.1. The normalized spacial score (nSPS) is 8.12. The summed E-state index contributed by atoms with van der Waals surface area (Å²) in [6.07, 6.45) is 1.22. The Morgan fingerprint density at radius 1 is 1.88 bits per heavy atom. The third-order valence-electron chi connectivity index (χ3n) is 0.466. The van der Waals surface area contributed by atoms with E-state index < -0.39 is 5.91 Å². The molecule has 0 bridgehead atoms. The maximum absolute atomic E-state index is 10.1. The summed E-state index contributed by atoms with van der Waals surface area (Å²) < 4.78 is 4.37. The zero-order valence-electron chi connectivity index (χ0n) is 4.43. The molecule has 0 heterocycles. The van der Waals surface area contributed by atoms with E-state index in [2.05, 4.69) is 4.74 Å². The lowest BCUT2D eigenvalue weighted by atomic mass is 10.7. The molecule has 45 valence electrons. The van der Waals surface area contributed by atoms with Crippen molar-refractivity contribution in [3.8, 4) is 0 Å². The van der Waals surface area contributed by atoms with Crippen molar-refractivity contribution >= 4 is 12.3 Å². The first-order valence-corrected chi connectivity index (χ1v) is 1.96. The first-order chi connectivity index (χ1) is 3.81. The largest absolute Gasteiger partial charge is 0.375 e. The first-order valence-electron chi connectivity index (χ1n) is 1.96. The molecular weight excluding hydrogens is 110 g/mol. The third kappa shape index (κ3) is 3.30. The molecule has 0 aliphatic carbocycles. The molecule has 0 aromatic heterocycles. The van der Waals surface area contributed by atoms with Gasteiger partial charge in [0, 0.05) is 7.11 Å². The van der Waals surface area contributed by atoms with E-state index >= 15 is 0 Å². The van der Waals surface area contributed by atoms with Crippen molar-refractivity contribution in [1.82, 2.24) is 5.32 Å². The van der Waals surface area contributed by atoms with Crippen LogP contribution in [0.4, 0.5) is 0 Å². The summed E-state index contributed by atoms with van der Waals surface area (Å²) in [5, 5.41) is 1.78. The van der Waals surface area contributed by atoms with Crippen LogP contribution in [0.5, 0.6) is 0 Å². The minimum atomic E-state index is -0.484. The predicted octanol–water partition coefficient (Wildman–Crippen LogP) is -1.18. The molecule has 2 amide bonds. The number of ether oxygens (including phenoxy) is 1. The lowest BCUT2D eigenvalue weighted by Crippen LogP contribution is -2.25. The van der Waals surface area contributed by atoms with E-state index in [0.717, 1.165) is 0 Å². The van der Waals surface area contributed by atoms with Crippen LogP contribution in [0.3, 0.4) is 0 Å². The number of nitrogens with one attached hydrogen (secondary N) is 1. The van der Waals surface area contributed by atoms with Crippen molar-refractivity contribution in [2.24, 2.45) is 0 Å². The van der Waals surface area contributed by atoms with Gasteiger partial charge in [0.05, 0.1) is 0 Å². The molecule has 0 unspecified atom stereocenters. The molecule has 0 atom stereocenters. The molecule has 8 heavy (non-hydrogen) atoms. The molecule has 0 aromatic rings. The number of methoxy groups -OCH3 is 1. The van der Waals surface area contributed by atoms with Crippen molar-refractivity contribution in [2.45, 2.75) is 0 Å². The molecule has 4 heteroatoms. The Hall–Kier alpha value is -0.900. The molecule has 0 rings (SSSR count). The quantitative estimate of drug-likeness (QED) is 0.472. The Bertz CT molecular complexity index is 91.3. The zero-order chi connectivity index (χ0) is 6.41.